The van der Waals surface area contributed by atoms with Crippen LogP contribution in [0.25, 0.3) is 22.4 Å². The highest BCUT2D eigenvalue weighted by molar-refractivity contribution is 5.78. The monoisotopic (exact) mass is 364 g/mol. The largest absolute Gasteiger partial charge is 0.412 e. The van der Waals surface area contributed by atoms with Gasteiger partial charge in [0.2, 0.25) is 5.89 Å². The van der Waals surface area contributed by atoms with E-state index in [4.69, 9.17) is 9.15 Å². The summed E-state index contributed by atoms with van der Waals surface area (Å²) < 4.78 is 10.7. The van der Waals surface area contributed by atoms with Gasteiger partial charge in [-0.1, -0.05) is 31.4 Å². The number of ether oxygens (including phenoxy) is 1. The molecule has 1 saturated carbocycles. The lowest BCUT2D eigenvalue weighted by Crippen LogP contribution is -2.37. The smallest absolute Gasteiger partial charge is 0.410 e. The first-order chi connectivity index (χ1) is 13.2. The summed E-state index contributed by atoms with van der Waals surface area (Å²) in [5, 5.41) is 3.35. The molecule has 2 aromatic carbocycles. The fourth-order valence-corrected chi connectivity index (χ4v) is 3.36. The zero-order valence-corrected chi connectivity index (χ0v) is 14.8. The summed E-state index contributed by atoms with van der Waals surface area (Å²) in [4.78, 5) is 28.5. The lowest BCUT2D eigenvalue weighted by Gasteiger charge is -2.22. The van der Waals surface area contributed by atoms with Crippen molar-refractivity contribution in [2.75, 3.05) is 0 Å². The van der Waals surface area contributed by atoms with Crippen LogP contribution in [0, 0.1) is 0 Å². The summed E-state index contributed by atoms with van der Waals surface area (Å²) in [6, 6.07) is 14.0. The van der Waals surface area contributed by atoms with Crippen molar-refractivity contribution in [2.24, 2.45) is 0 Å². The van der Waals surface area contributed by atoms with E-state index in [0.29, 0.717) is 22.2 Å². The van der Waals surface area contributed by atoms with Crippen molar-refractivity contribution in [2.45, 2.75) is 38.1 Å². The van der Waals surface area contributed by atoms with Crippen molar-refractivity contribution in [3.05, 3.63) is 59.0 Å². The summed E-state index contributed by atoms with van der Waals surface area (Å²) in [5.41, 5.74) is 0.789. The van der Waals surface area contributed by atoms with E-state index in [0.717, 1.165) is 25.7 Å². The highest BCUT2D eigenvalue weighted by Gasteiger charge is 2.17. The van der Waals surface area contributed by atoms with Gasteiger partial charge in [0, 0.05) is 11.6 Å². The second kappa shape index (κ2) is 7.61. The summed E-state index contributed by atoms with van der Waals surface area (Å²) in [5.74, 6) is 0.659. The molecule has 0 radical (unpaired) electrons. The number of rotatable bonds is 3. The average Bonchev–Trinajstić information content (AvgIpc) is 2.69. The molecule has 1 amide bonds. The number of aromatic nitrogens is 1. The van der Waals surface area contributed by atoms with Crippen LogP contribution in [0.1, 0.15) is 32.1 Å². The number of benzene rings is 2. The fraction of sp³-hybridized carbons (Fsp3) is 0.286. The predicted octanol–water partition coefficient (Wildman–Crippen LogP) is 4.28. The van der Waals surface area contributed by atoms with Gasteiger partial charge in [-0.2, -0.15) is 0 Å². The lowest BCUT2D eigenvalue weighted by molar-refractivity contribution is 0.192. The topological polar surface area (TPSA) is 81.4 Å². The molecule has 0 spiro atoms. The third-order valence-electron chi connectivity index (χ3n) is 4.77. The Morgan fingerprint density at radius 2 is 1.78 bits per heavy atom. The molecule has 1 aromatic heterocycles. The number of hydrogen-bond acceptors (Lipinski definition) is 5. The van der Waals surface area contributed by atoms with Crippen LogP contribution in [0.4, 0.5) is 4.79 Å². The molecule has 0 bridgehead atoms. The minimum atomic E-state index is -0.440. The summed E-state index contributed by atoms with van der Waals surface area (Å²) in [6.45, 7) is 0. The van der Waals surface area contributed by atoms with Gasteiger partial charge in [0.05, 0.1) is 10.9 Å². The molecule has 27 heavy (non-hydrogen) atoms. The Labute approximate surface area is 156 Å². The number of hydrogen-bond donors (Lipinski definition) is 1. The van der Waals surface area contributed by atoms with Crippen LogP contribution < -0.4 is 15.7 Å². The van der Waals surface area contributed by atoms with Crippen molar-refractivity contribution in [3.63, 3.8) is 0 Å². The van der Waals surface area contributed by atoms with Gasteiger partial charge in [-0.05, 0) is 49.2 Å². The highest BCUT2D eigenvalue weighted by Crippen LogP contribution is 2.22. The molecular weight excluding hydrogens is 344 g/mol. The zero-order chi connectivity index (χ0) is 18.6. The van der Waals surface area contributed by atoms with Gasteiger partial charge in [-0.3, -0.25) is 0 Å². The molecule has 6 nitrogen and oxygen atoms in total. The fourth-order valence-electron chi connectivity index (χ4n) is 3.36. The highest BCUT2D eigenvalue weighted by atomic mass is 16.6. The number of para-hydroxylation sites is 1. The molecule has 1 N–H and O–H groups in total. The normalized spacial score (nSPS) is 14.8. The summed E-state index contributed by atoms with van der Waals surface area (Å²) >= 11 is 0. The molecule has 1 fully saturated rings. The van der Waals surface area contributed by atoms with Crippen molar-refractivity contribution in [1.29, 1.82) is 0 Å². The van der Waals surface area contributed by atoms with Gasteiger partial charge in [-0.25, -0.2) is 14.6 Å². The maximum atomic E-state index is 12.1. The summed E-state index contributed by atoms with van der Waals surface area (Å²) in [6.07, 6.45) is 5.08. The van der Waals surface area contributed by atoms with Crippen LogP contribution in [0.2, 0.25) is 0 Å². The molecule has 1 heterocycles. The quantitative estimate of drug-likeness (QED) is 0.750. The van der Waals surface area contributed by atoms with E-state index in [9.17, 15) is 9.59 Å². The van der Waals surface area contributed by atoms with Crippen LogP contribution in [0.3, 0.4) is 0 Å². The molecule has 6 heteroatoms. The number of amides is 1. The third-order valence-corrected chi connectivity index (χ3v) is 4.77. The molecule has 0 aliphatic heterocycles. The Kier molecular flexibility index (Phi) is 4.87. The van der Waals surface area contributed by atoms with Gasteiger partial charge < -0.3 is 14.5 Å². The Balaban J connectivity index is 1.47. The van der Waals surface area contributed by atoms with E-state index in [1.54, 1.807) is 42.5 Å². The molecule has 1 aliphatic carbocycles. The number of nitrogens with zero attached hydrogens (tertiary/aromatic N) is 1. The van der Waals surface area contributed by atoms with Crippen molar-refractivity contribution >= 4 is 17.0 Å². The zero-order valence-electron chi connectivity index (χ0n) is 14.8. The van der Waals surface area contributed by atoms with E-state index in [1.807, 2.05) is 6.07 Å². The standard InChI is InChI=1S/C21H20N2O4/c24-20-17-8-4-5-9-18(17)23-19(27-20)14-10-12-16(13-11-14)26-21(25)22-15-6-2-1-3-7-15/h4-5,8-13,15H,1-3,6-7H2,(H,22,25). The molecule has 1 aliphatic rings. The number of fused-ring (bicyclic) bond motifs is 1. The maximum absolute atomic E-state index is 12.1. The molecule has 0 unspecified atom stereocenters. The molecule has 138 valence electrons. The SMILES string of the molecule is O=C(NC1CCCCC1)Oc1ccc(-c2nc3ccccc3c(=O)o2)cc1. The van der Waals surface area contributed by atoms with Crippen molar-refractivity contribution in [3.8, 4) is 17.2 Å². The Morgan fingerprint density at radius 1 is 1.04 bits per heavy atom. The van der Waals surface area contributed by atoms with Gasteiger partial charge in [-0.15, -0.1) is 0 Å². The van der Waals surface area contributed by atoms with Gasteiger partial charge in [0.25, 0.3) is 0 Å². The molecule has 4 rings (SSSR count). The van der Waals surface area contributed by atoms with E-state index in [2.05, 4.69) is 10.3 Å². The first-order valence-corrected chi connectivity index (χ1v) is 9.18. The van der Waals surface area contributed by atoms with Gasteiger partial charge >= 0.3 is 11.7 Å². The van der Waals surface area contributed by atoms with Crippen molar-refractivity contribution in [1.82, 2.24) is 10.3 Å². The van der Waals surface area contributed by atoms with E-state index in [-0.39, 0.29) is 11.9 Å². The van der Waals surface area contributed by atoms with E-state index < -0.39 is 11.7 Å². The summed E-state index contributed by atoms with van der Waals surface area (Å²) in [7, 11) is 0. The van der Waals surface area contributed by atoms with E-state index >= 15 is 0 Å². The number of nitrogens with one attached hydrogen (secondary N) is 1. The third kappa shape index (κ3) is 4.00. The van der Waals surface area contributed by atoms with Crippen LogP contribution >= 0.6 is 0 Å². The van der Waals surface area contributed by atoms with Crippen LogP contribution in [-0.4, -0.2) is 17.1 Å². The molecule has 0 atom stereocenters. The first-order valence-electron chi connectivity index (χ1n) is 9.18. The first kappa shape index (κ1) is 17.3. The Morgan fingerprint density at radius 3 is 2.56 bits per heavy atom. The Hall–Kier alpha value is -3.15. The Bertz CT molecular complexity index is 1000. The second-order valence-electron chi connectivity index (χ2n) is 6.72. The van der Waals surface area contributed by atoms with Gasteiger partial charge in [0.1, 0.15) is 5.75 Å². The lowest BCUT2D eigenvalue weighted by atomic mass is 9.96. The van der Waals surface area contributed by atoms with Crippen LogP contribution in [0.5, 0.6) is 5.75 Å². The number of carbonyl (C=O) groups excluding carboxylic acids is 1. The minimum absolute atomic E-state index is 0.196. The van der Waals surface area contributed by atoms with Gasteiger partial charge in [0.15, 0.2) is 0 Å². The predicted molar refractivity (Wildman–Crippen MR) is 102 cm³/mol. The van der Waals surface area contributed by atoms with Crippen LogP contribution in [0.15, 0.2) is 57.7 Å². The molecule has 0 saturated heterocycles. The molecule has 3 aromatic rings. The number of carbonyl (C=O) groups is 1. The average molecular weight is 364 g/mol. The molecular formula is C21H20N2O4. The van der Waals surface area contributed by atoms with Crippen LogP contribution in [-0.2, 0) is 0 Å². The second-order valence-corrected chi connectivity index (χ2v) is 6.72. The van der Waals surface area contributed by atoms with E-state index in [1.165, 1.54) is 6.42 Å². The minimum Gasteiger partial charge on any atom is -0.410 e. The van der Waals surface area contributed by atoms with Crippen molar-refractivity contribution < 1.29 is 13.9 Å². The maximum Gasteiger partial charge on any atom is 0.412 e.